The summed E-state index contributed by atoms with van der Waals surface area (Å²) in [5.74, 6) is 1.68. The van der Waals surface area contributed by atoms with Crippen LogP contribution in [0.2, 0.25) is 0 Å². The fraction of sp³-hybridized carbons (Fsp3) is 0.350. The third kappa shape index (κ3) is 4.38. The van der Waals surface area contributed by atoms with Gasteiger partial charge in [-0.1, -0.05) is 48.0 Å². The van der Waals surface area contributed by atoms with Crippen LogP contribution in [0.5, 0.6) is 0 Å². The molecule has 4 heteroatoms. The van der Waals surface area contributed by atoms with Crippen molar-refractivity contribution in [1.82, 2.24) is 5.32 Å². The van der Waals surface area contributed by atoms with Gasteiger partial charge in [-0.25, -0.2) is 4.39 Å². The number of thioether (sulfide) groups is 1. The van der Waals surface area contributed by atoms with Crippen molar-refractivity contribution in [3.05, 3.63) is 71.0 Å². The minimum atomic E-state index is -0.202. The lowest BCUT2D eigenvalue weighted by Crippen LogP contribution is -2.27. The molecule has 1 aliphatic carbocycles. The lowest BCUT2D eigenvalue weighted by molar-refractivity contribution is -0.122. The molecule has 2 unspecified atom stereocenters. The zero-order valence-corrected chi connectivity index (χ0v) is 14.6. The van der Waals surface area contributed by atoms with Crippen molar-refractivity contribution >= 4 is 17.7 Å². The number of rotatable bonds is 7. The van der Waals surface area contributed by atoms with Crippen molar-refractivity contribution in [2.24, 2.45) is 5.92 Å². The van der Waals surface area contributed by atoms with Gasteiger partial charge in [0.2, 0.25) is 5.91 Å². The van der Waals surface area contributed by atoms with Crippen LogP contribution in [0.4, 0.5) is 4.39 Å². The van der Waals surface area contributed by atoms with Crippen molar-refractivity contribution < 1.29 is 9.18 Å². The van der Waals surface area contributed by atoms with Crippen molar-refractivity contribution in [2.45, 2.75) is 25.0 Å². The average molecular weight is 343 g/mol. The second-order valence-electron chi connectivity index (χ2n) is 6.30. The van der Waals surface area contributed by atoms with E-state index in [0.29, 0.717) is 12.1 Å². The molecule has 24 heavy (non-hydrogen) atoms. The number of halogens is 1. The Morgan fingerprint density at radius 1 is 1.21 bits per heavy atom. The first-order chi connectivity index (χ1) is 11.6. The molecule has 126 valence electrons. The van der Waals surface area contributed by atoms with E-state index in [2.05, 4.69) is 36.5 Å². The van der Waals surface area contributed by atoms with Gasteiger partial charge in [0.15, 0.2) is 0 Å². The third-order valence-corrected chi connectivity index (χ3v) is 5.40. The molecule has 0 heterocycles. The van der Waals surface area contributed by atoms with Crippen molar-refractivity contribution in [1.29, 1.82) is 0 Å². The highest BCUT2D eigenvalue weighted by Crippen LogP contribution is 2.48. The molecule has 2 aromatic rings. The quantitative estimate of drug-likeness (QED) is 0.760. The number of carbonyl (C=O) groups excluding carboxylic acids is 1. The Morgan fingerprint density at radius 3 is 2.71 bits per heavy atom. The van der Waals surface area contributed by atoms with Gasteiger partial charge in [-0.3, -0.25) is 4.79 Å². The molecule has 2 atom stereocenters. The Balaban J connectivity index is 1.35. The highest BCUT2D eigenvalue weighted by atomic mass is 32.2. The molecule has 1 aliphatic rings. The predicted molar refractivity (Wildman–Crippen MR) is 97.6 cm³/mol. The summed E-state index contributed by atoms with van der Waals surface area (Å²) < 4.78 is 13.7. The van der Waals surface area contributed by atoms with Crippen LogP contribution in [0.1, 0.15) is 29.0 Å². The first kappa shape index (κ1) is 17.0. The topological polar surface area (TPSA) is 29.1 Å². The zero-order valence-electron chi connectivity index (χ0n) is 13.8. The molecule has 1 saturated carbocycles. The average Bonchev–Trinajstić information content (AvgIpc) is 3.37. The molecule has 2 nitrogen and oxygen atoms in total. The highest BCUT2D eigenvalue weighted by molar-refractivity contribution is 7.98. The highest BCUT2D eigenvalue weighted by Gasteiger charge is 2.44. The maximum atomic E-state index is 13.7. The number of hydrogen-bond acceptors (Lipinski definition) is 2. The summed E-state index contributed by atoms with van der Waals surface area (Å²) in [7, 11) is 0. The molecule has 1 N–H and O–H groups in total. The van der Waals surface area contributed by atoms with E-state index in [1.807, 2.05) is 17.8 Å². The van der Waals surface area contributed by atoms with Crippen LogP contribution < -0.4 is 5.32 Å². The minimum Gasteiger partial charge on any atom is -0.355 e. The van der Waals surface area contributed by atoms with E-state index in [1.165, 1.54) is 17.2 Å². The van der Waals surface area contributed by atoms with Gasteiger partial charge in [-0.15, -0.1) is 0 Å². The van der Waals surface area contributed by atoms with Gasteiger partial charge < -0.3 is 5.32 Å². The van der Waals surface area contributed by atoms with Gasteiger partial charge in [0, 0.05) is 24.0 Å². The van der Waals surface area contributed by atoms with Crippen molar-refractivity contribution in [3.63, 3.8) is 0 Å². The van der Waals surface area contributed by atoms with Crippen LogP contribution in [-0.4, -0.2) is 18.2 Å². The predicted octanol–water partition coefficient (Wildman–Crippen LogP) is 4.29. The van der Waals surface area contributed by atoms with Crippen LogP contribution in [0.15, 0.2) is 48.5 Å². The summed E-state index contributed by atoms with van der Waals surface area (Å²) in [4.78, 5) is 12.1. The second-order valence-corrected chi connectivity index (χ2v) is 7.40. The van der Waals surface area contributed by atoms with E-state index >= 15 is 0 Å². The molecule has 0 bridgehead atoms. The Labute approximate surface area is 146 Å². The van der Waals surface area contributed by atoms with Crippen molar-refractivity contribution in [2.75, 3.05) is 12.3 Å². The largest absolute Gasteiger partial charge is 0.355 e. The maximum absolute atomic E-state index is 13.7. The molecule has 1 fully saturated rings. The molecule has 3 rings (SSSR count). The monoisotopic (exact) mass is 343 g/mol. The fourth-order valence-corrected chi connectivity index (χ4v) is 3.67. The first-order valence-corrected chi connectivity index (χ1v) is 9.46. The first-order valence-electron chi connectivity index (χ1n) is 8.30. The van der Waals surface area contributed by atoms with E-state index < -0.39 is 0 Å². The van der Waals surface area contributed by atoms with E-state index in [-0.39, 0.29) is 23.6 Å². The Hall–Kier alpha value is -1.81. The molecule has 0 spiro atoms. The Morgan fingerprint density at radius 2 is 1.96 bits per heavy atom. The summed E-state index contributed by atoms with van der Waals surface area (Å²) in [5.41, 5.74) is 3.25. The Bertz CT molecular complexity index is 701. The molecule has 0 saturated heterocycles. The lowest BCUT2D eigenvalue weighted by Gasteiger charge is -2.06. The normalized spacial score (nSPS) is 19.1. The summed E-state index contributed by atoms with van der Waals surface area (Å²) >= 11 is 1.81. The minimum absolute atomic E-state index is 0.0476. The smallest absolute Gasteiger partial charge is 0.223 e. The van der Waals surface area contributed by atoms with Gasteiger partial charge in [0.05, 0.1) is 0 Å². The molecular weight excluding hydrogens is 321 g/mol. The zero-order chi connectivity index (χ0) is 16.9. The second kappa shape index (κ2) is 7.84. The molecule has 0 aliphatic heterocycles. The SMILES string of the molecule is Cc1ccc(CSCCNC(=O)C2CC2c2ccccc2F)cc1. The maximum Gasteiger partial charge on any atom is 0.223 e. The van der Waals surface area contributed by atoms with Crippen LogP contribution in [-0.2, 0) is 10.5 Å². The van der Waals surface area contributed by atoms with Gasteiger partial charge in [-0.2, -0.15) is 11.8 Å². The van der Waals surface area contributed by atoms with E-state index in [1.54, 1.807) is 12.1 Å². The summed E-state index contributed by atoms with van der Waals surface area (Å²) in [5, 5.41) is 2.98. The number of nitrogens with one attached hydrogen (secondary N) is 1. The Kier molecular flexibility index (Phi) is 5.56. The molecule has 1 amide bonds. The number of carbonyl (C=O) groups is 1. The van der Waals surface area contributed by atoms with Gasteiger partial charge in [0.25, 0.3) is 0 Å². The van der Waals surface area contributed by atoms with Crippen LogP contribution >= 0.6 is 11.8 Å². The van der Waals surface area contributed by atoms with E-state index in [0.717, 1.165) is 17.9 Å². The third-order valence-electron chi connectivity index (χ3n) is 4.37. The number of amides is 1. The number of benzene rings is 2. The molecule has 2 aromatic carbocycles. The number of aryl methyl sites for hydroxylation is 1. The lowest BCUT2D eigenvalue weighted by atomic mass is 10.1. The van der Waals surface area contributed by atoms with Crippen molar-refractivity contribution in [3.8, 4) is 0 Å². The summed E-state index contributed by atoms with van der Waals surface area (Å²) in [6, 6.07) is 15.3. The van der Waals surface area contributed by atoms with Gasteiger partial charge >= 0.3 is 0 Å². The number of hydrogen-bond donors (Lipinski definition) is 1. The molecule has 0 radical (unpaired) electrons. The van der Waals surface area contributed by atoms with E-state index in [4.69, 9.17) is 0 Å². The molecular formula is C20H22FNOS. The van der Waals surface area contributed by atoms with Crippen LogP contribution in [0, 0.1) is 18.7 Å². The van der Waals surface area contributed by atoms with Gasteiger partial charge in [-0.05, 0) is 36.5 Å². The standard InChI is InChI=1S/C20H22FNOS/c1-14-6-8-15(9-7-14)13-24-11-10-22-20(23)18-12-17(18)16-4-2-3-5-19(16)21/h2-9,17-18H,10-13H2,1H3,(H,22,23). The van der Waals surface area contributed by atoms with E-state index in [9.17, 15) is 9.18 Å². The molecule has 0 aromatic heterocycles. The van der Waals surface area contributed by atoms with Crippen LogP contribution in [0.3, 0.4) is 0 Å². The summed E-state index contributed by atoms with van der Waals surface area (Å²) in [6.07, 6.45) is 0.753. The summed E-state index contributed by atoms with van der Waals surface area (Å²) in [6.45, 7) is 2.74. The van der Waals surface area contributed by atoms with Gasteiger partial charge in [0.1, 0.15) is 5.82 Å². The van der Waals surface area contributed by atoms with Crippen LogP contribution in [0.25, 0.3) is 0 Å². The fourth-order valence-electron chi connectivity index (χ4n) is 2.86.